The molecular weight excluding hydrogens is 704 g/mol. The second kappa shape index (κ2) is 15.9. The summed E-state index contributed by atoms with van der Waals surface area (Å²) in [4.78, 5) is 0. The molecule has 260 valence electrons. The Kier molecular flexibility index (Phi) is 11.5. The second-order valence-electron chi connectivity index (χ2n) is 16.4. The van der Waals surface area contributed by atoms with Gasteiger partial charge in [0.2, 0.25) is 0 Å². The van der Waals surface area contributed by atoms with Gasteiger partial charge in [-0.1, -0.05) is 75.9 Å². The maximum absolute atomic E-state index is 2.99. The van der Waals surface area contributed by atoms with E-state index < -0.39 is 0 Å². The molecule has 7 aromatic carbocycles. The van der Waals surface area contributed by atoms with Crippen LogP contribution in [0.15, 0.2) is 133 Å². The Balaban J connectivity index is 0.000000157. The predicted molar refractivity (Wildman–Crippen MR) is 226 cm³/mol. The average Bonchev–Trinajstić information content (AvgIpc) is 3.79. The van der Waals surface area contributed by atoms with Gasteiger partial charge in [0.25, 0.3) is 0 Å². The molecule has 0 saturated heterocycles. The van der Waals surface area contributed by atoms with Crippen molar-refractivity contribution in [2.75, 3.05) is 0 Å². The van der Waals surface area contributed by atoms with E-state index in [1.165, 1.54) is 101 Å². The summed E-state index contributed by atoms with van der Waals surface area (Å²) in [6.07, 6.45) is 12.1. The van der Waals surface area contributed by atoms with Crippen molar-refractivity contribution >= 4 is 46.3 Å². The minimum absolute atomic E-state index is 0.180. The van der Waals surface area contributed by atoms with Crippen molar-refractivity contribution < 1.29 is 24.2 Å². The van der Waals surface area contributed by atoms with Crippen LogP contribution in [-0.2, 0) is 47.9 Å². The predicted octanol–water partition coefficient (Wildman–Crippen LogP) is 13.7. The van der Waals surface area contributed by atoms with Gasteiger partial charge in [-0.2, -0.15) is 6.08 Å². The van der Waals surface area contributed by atoms with Gasteiger partial charge in [-0.3, -0.25) is 6.08 Å². The molecule has 1 aliphatic carbocycles. The molecule has 0 saturated carbocycles. The van der Waals surface area contributed by atoms with Gasteiger partial charge in [0, 0.05) is 0 Å². The molecule has 8 rings (SSSR count). The summed E-state index contributed by atoms with van der Waals surface area (Å²) in [7, 11) is 0. The van der Waals surface area contributed by atoms with E-state index in [0.29, 0.717) is 0 Å². The third kappa shape index (κ3) is 8.76. The first-order valence-corrected chi connectivity index (χ1v) is 19.9. The molecule has 1 heteroatoms. The van der Waals surface area contributed by atoms with Crippen molar-refractivity contribution in [2.24, 2.45) is 0 Å². The minimum atomic E-state index is 0.180. The van der Waals surface area contributed by atoms with Crippen LogP contribution in [0, 0.1) is 19.9 Å². The fourth-order valence-electron chi connectivity index (χ4n) is 7.71. The number of rotatable bonds is 4. The number of hydrogen-bond donors (Lipinski definition) is 0. The topological polar surface area (TPSA) is 0 Å². The summed E-state index contributed by atoms with van der Waals surface area (Å²) in [6, 6.07) is 42.6. The van der Waals surface area contributed by atoms with E-state index in [9.17, 15) is 0 Å². The summed E-state index contributed by atoms with van der Waals surface area (Å²) >= 11 is 1.53. The first kappa shape index (κ1) is 37.7. The molecule has 0 heterocycles. The Morgan fingerprint density at radius 2 is 1.04 bits per heavy atom. The molecule has 0 N–H and O–H groups in total. The van der Waals surface area contributed by atoms with Crippen molar-refractivity contribution in [1.29, 1.82) is 0 Å². The average molecular weight is 756 g/mol. The van der Waals surface area contributed by atoms with Crippen molar-refractivity contribution in [3.05, 3.63) is 173 Å². The van der Waals surface area contributed by atoms with Crippen LogP contribution in [0.3, 0.4) is 0 Å². The molecule has 0 unspecified atom stereocenters. The Bertz CT molecular complexity index is 2250. The Morgan fingerprint density at radius 3 is 1.42 bits per heavy atom. The second-order valence-corrected chi connectivity index (χ2v) is 18.1. The molecule has 0 aromatic heterocycles. The molecule has 0 spiro atoms. The summed E-state index contributed by atoms with van der Waals surface area (Å²) < 4.78 is 1.59. The van der Waals surface area contributed by atoms with E-state index in [0.717, 1.165) is 19.3 Å². The summed E-state index contributed by atoms with van der Waals surface area (Å²) in [5, 5.41) is 11.0. The van der Waals surface area contributed by atoms with E-state index in [4.69, 9.17) is 0 Å². The summed E-state index contributed by atoms with van der Waals surface area (Å²) in [6.45, 7) is 18.3. The van der Waals surface area contributed by atoms with Crippen molar-refractivity contribution in [1.82, 2.24) is 0 Å². The number of allylic oxidation sites excluding steroid dienone is 4. The van der Waals surface area contributed by atoms with Gasteiger partial charge in [-0.05, 0) is 24.7 Å². The molecule has 0 nitrogen and oxygen atoms in total. The third-order valence-electron chi connectivity index (χ3n) is 10.2. The standard InChI is InChI=1S/C23H18.C23H29.C5H5.Zr/c1-3-16-22-18(8-1)10-5-12-20(22)14-7-15-21-13-6-11-19-9-2-4-17-23(19)21;1-14-9-16-11-17-10-15(2)21(23(6,7)8)13-19(17)18(16)12-20(14)22(3,4)5;1-2-4-5-3-1;/h1-6,8-13,16-17H,14-15H2;9-13H,1-8H3;1-3H,4H2;/q;2*-1;+2. The number of aryl methyl sites for hydroxylation is 2. The number of fused-ring (bicyclic) bond motifs is 5. The van der Waals surface area contributed by atoms with E-state index in [2.05, 4.69) is 183 Å². The molecule has 0 radical (unpaired) electrons. The molecule has 0 atom stereocenters. The van der Waals surface area contributed by atoms with Crippen molar-refractivity contribution in [2.45, 2.75) is 85.5 Å². The fourth-order valence-corrected chi connectivity index (χ4v) is 8.64. The third-order valence-corrected chi connectivity index (χ3v) is 11.0. The molecule has 52 heavy (non-hydrogen) atoms. The van der Waals surface area contributed by atoms with E-state index in [1.54, 1.807) is 3.21 Å². The van der Waals surface area contributed by atoms with Gasteiger partial charge in [0.15, 0.2) is 0 Å². The molecule has 7 aromatic rings. The first-order chi connectivity index (χ1) is 24.8. The molecule has 0 aliphatic heterocycles. The molecule has 0 bridgehead atoms. The normalized spacial score (nSPS) is 12.7. The Labute approximate surface area is 327 Å². The van der Waals surface area contributed by atoms with Crippen molar-refractivity contribution in [3.8, 4) is 0 Å². The quantitative estimate of drug-likeness (QED) is 0.157. The van der Waals surface area contributed by atoms with Gasteiger partial charge in [0.05, 0.1) is 0 Å². The SMILES string of the molecule is Cc1cc2[cH-]c3cc(C)c(C(C)(C)C)cc3c2cc1C(C)(C)C.[C-]1=CC=CC1.[Zr+2]=[C](Cc1cccc2ccccc12)Cc1cccc2ccccc12. The number of benzene rings is 6. The first-order valence-electron chi connectivity index (χ1n) is 18.7. The van der Waals surface area contributed by atoms with E-state index >= 15 is 0 Å². The van der Waals surface area contributed by atoms with Gasteiger partial charge >= 0.3 is 158 Å². The van der Waals surface area contributed by atoms with Crippen LogP contribution in [-0.4, -0.2) is 3.21 Å². The van der Waals surface area contributed by atoms with Crippen LogP contribution in [0.5, 0.6) is 0 Å². The van der Waals surface area contributed by atoms with Gasteiger partial charge in [-0.15, -0.1) is 46.2 Å². The van der Waals surface area contributed by atoms with Crippen LogP contribution in [0.4, 0.5) is 0 Å². The molecule has 1 aliphatic rings. The fraction of sp³-hybridized carbons (Fsp3) is 0.255. The van der Waals surface area contributed by atoms with Crippen LogP contribution >= 0.6 is 0 Å². The van der Waals surface area contributed by atoms with Gasteiger partial charge in [-0.25, -0.2) is 12.2 Å². The van der Waals surface area contributed by atoms with E-state index in [-0.39, 0.29) is 10.8 Å². The summed E-state index contributed by atoms with van der Waals surface area (Å²) in [5.41, 5.74) is 8.95. The van der Waals surface area contributed by atoms with Crippen LogP contribution in [0.2, 0.25) is 0 Å². The van der Waals surface area contributed by atoms with E-state index in [1.807, 2.05) is 12.2 Å². The van der Waals surface area contributed by atoms with Crippen LogP contribution in [0.1, 0.15) is 81.3 Å². The Hall–Kier alpha value is -4.06. The van der Waals surface area contributed by atoms with Crippen LogP contribution in [0.25, 0.3) is 43.1 Å². The van der Waals surface area contributed by atoms with Gasteiger partial charge < -0.3 is 0 Å². The maximum atomic E-state index is 2.99. The van der Waals surface area contributed by atoms with Gasteiger partial charge in [0.1, 0.15) is 0 Å². The molecule has 0 amide bonds. The van der Waals surface area contributed by atoms with Crippen molar-refractivity contribution in [3.63, 3.8) is 0 Å². The zero-order chi connectivity index (χ0) is 37.0. The zero-order valence-electron chi connectivity index (χ0n) is 32.3. The zero-order valence-corrected chi connectivity index (χ0v) is 34.8. The van der Waals surface area contributed by atoms with Crippen LogP contribution < -0.4 is 0 Å². The molecule has 0 fully saturated rings. The Morgan fingerprint density at radius 1 is 0.596 bits per heavy atom. The molecular formula is C51H52Zr. The summed E-state index contributed by atoms with van der Waals surface area (Å²) in [5.74, 6) is 0. The number of hydrogen-bond acceptors (Lipinski definition) is 0. The monoisotopic (exact) mass is 754 g/mol.